The van der Waals surface area contributed by atoms with Gasteiger partial charge in [0.1, 0.15) is 0 Å². The van der Waals surface area contributed by atoms with Crippen LogP contribution in [0.1, 0.15) is 40.0 Å². The average molecular weight is 351 g/mol. The number of rotatable bonds is 6. The van der Waals surface area contributed by atoms with Crippen LogP contribution in [-0.4, -0.2) is 97.0 Å². The molecule has 0 aromatic carbocycles. The Morgan fingerprint density at radius 1 is 0.960 bits per heavy atom. The summed E-state index contributed by atoms with van der Waals surface area (Å²) in [6, 6.07) is 0.728. The molecule has 3 rings (SSSR count). The lowest BCUT2D eigenvalue weighted by molar-refractivity contribution is -0.142. The van der Waals surface area contributed by atoms with Crippen LogP contribution in [0.4, 0.5) is 0 Å². The third kappa shape index (κ3) is 4.75. The summed E-state index contributed by atoms with van der Waals surface area (Å²) in [5, 5.41) is 0. The SMILES string of the molecule is CCC(C)N1CCN(CC2CCN(C(=O)C3CN(CC)C3)CC2)CC1. The van der Waals surface area contributed by atoms with Crippen LogP contribution in [0.3, 0.4) is 0 Å². The summed E-state index contributed by atoms with van der Waals surface area (Å²) in [5.74, 6) is 1.49. The fourth-order valence-electron chi connectivity index (χ4n) is 4.59. The Morgan fingerprint density at radius 2 is 1.60 bits per heavy atom. The molecule has 3 saturated heterocycles. The van der Waals surface area contributed by atoms with Crippen molar-refractivity contribution in [2.24, 2.45) is 11.8 Å². The van der Waals surface area contributed by atoms with Gasteiger partial charge in [0.2, 0.25) is 5.91 Å². The molecule has 0 aromatic rings. The van der Waals surface area contributed by atoms with Gasteiger partial charge in [-0.25, -0.2) is 0 Å². The van der Waals surface area contributed by atoms with Crippen molar-refractivity contribution in [2.45, 2.75) is 46.1 Å². The van der Waals surface area contributed by atoms with Gasteiger partial charge in [0.05, 0.1) is 5.92 Å². The van der Waals surface area contributed by atoms with E-state index in [1.165, 1.54) is 52.0 Å². The zero-order chi connectivity index (χ0) is 17.8. The van der Waals surface area contributed by atoms with Crippen LogP contribution in [0, 0.1) is 11.8 Å². The number of hydrogen-bond acceptors (Lipinski definition) is 4. The van der Waals surface area contributed by atoms with E-state index in [0.29, 0.717) is 5.91 Å². The second-order valence-corrected chi connectivity index (χ2v) is 8.41. The van der Waals surface area contributed by atoms with E-state index in [1.54, 1.807) is 0 Å². The standard InChI is InChI=1S/C20H38N4O/c1-4-17(3)23-12-10-22(11-13-23)14-18-6-8-24(9-7-18)20(25)19-15-21(5-2)16-19/h17-19H,4-16H2,1-3H3. The predicted molar refractivity (Wildman–Crippen MR) is 103 cm³/mol. The van der Waals surface area contributed by atoms with Crippen LogP contribution in [0.2, 0.25) is 0 Å². The molecule has 0 N–H and O–H groups in total. The van der Waals surface area contributed by atoms with Crippen molar-refractivity contribution in [1.82, 2.24) is 19.6 Å². The fraction of sp³-hybridized carbons (Fsp3) is 0.950. The molecule has 1 amide bonds. The smallest absolute Gasteiger partial charge is 0.228 e. The lowest BCUT2D eigenvalue weighted by Crippen LogP contribution is -2.55. The molecular formula is C20H38N4O. The van der Waals surface area contributed by atoms with Gasteiger partial charge in [-0.3, -0.25) is 9.69 Å². The van der Waals surface area contributed by atoms with Crippen molar-refractivity contribution in [3.8, 4) is 0 Å². The van der Waals surface area contributed by atoms with Crippen molar-refractivity contribution in [2.75, 3.05) is 65.4 Å². The largest absolute Gasteiger partial charge is 0.342 e. The Labute approximate surface area is 154 Å². The Bertz CT molecular complexity index is 421. The quantitative estimate of drug-likeness (QED) is 0.728. The maximum atomic E-state index is 12.6. The Balaban J connectivity index is 1.34. The first-order valence-corrected chi connectivity index (χ1v) is 10.6. The van der Waals surface area contributed by atoms with Gasteiger partial charge < -0.3 is 14.7 Å². The monoisotopic (exact) mass is 350 g/mol. The molecule has 0 spiro atoms. The van der Waals surface area contributed by atoms with E-state index in [2.05, 4.69) is 40.4 Å². The van der Waals surface area contributed by atoms with Crippen molar-refractivity contribution in [1.29, 1.82) is 0 Å². The number of piperazine rings is 1. The summed E-state index contributed by atoms with van der Waals surface area (Å²) < 4.78 is 0. The van der Waals surface area contributed by atoms with E-state index in [-0.39, 0.29) is 5.92 Å². The van der Waals surface area contributed by atoms with Crippen molar-refractivity contribution in [3.63, 3.8) is 0 Å². The molecule has 1 atom stereocenters. The predicted octanol–water partition coefficient (Wildman–Crippen LogP) is 1.59. The molecule has 0 saturated carbocycles. The number of nitrogens with zero attached hydrogens (tertiary/aromatic N) is 4. The summed E-state index contributed by atoms with van der Waals surface area (Å²) in [6.45, 7) is 18.0. The first kappa shape index (κ1) is 19.1. The first-order valence-electron chi connectivity index (χ1n) is 10.6. The third-order valence-corrected chi connectivity index (χ3v) is 6.82. The van der Waals surface area contributed by atoms with Gasteiger partial charge in [0.25, 0.3) is 0 Å². The van der Waals surface area contributed by atoms with E-state index in [0.717, 1.165) is 44.7 Å². The number of hydrogen-bond donors (Lipinski definition) is 0. The van der Waals surface area contributed by atoms with Gasteiger partial charge in [-0.15, -0.1) is 0 Å². The molecule has 3 aliphatic heterocycles. The highest BCUT2D eigenvalue weighted by atomic mass is 16.2. The van der Waals surface area contributed by atoms with E-state index in [4.69, 9.17) is 0 Å². The maximum absolute atomic E-state index is 12.6. The van der Waals surface area contributed by atoms with Crippen LogP contribution in [0.5, 0.6) is 0 Å². The highest BCUT2D eigenvalue weighted by Crippen LogP contribution is 2.24. The third-order valence-electron chi connectivity index (χ3n) is 6.82. The summed E-state index contributed by atoms with van der Waals surface area (Å²) in [6.07, 6.45) is 3.65. The lowest BCUT2D eigenvalue weighted by atomic mass is 9.93. The molecule has 0 bridgehead atoms. The second kappa shape index (κ2) is 8.83. The molecule has 3 heterocycles. The molecule has 5 heteroatoms. The number of piperidine rings is 1. The number of carbonyl (C=O) groups excluding carboxylic acids is 1. The van der Waals surface area contributed by atoms with E-state index in [1.807, 2.05) is 0 Å². The Hall–Kier alpha value is -0.650. The van der Waals surface area contributed by atoms with Crippen molar-refractivity contribution >= 4 is 5.91 Å². The zero-order valence-electron chi connectivity index (χ0n) is 16.6. The Kier molecular flexibility index (Phi) is 6.75. The van der Waals surface area contributed by atoms with Crippen LogP contribution in [0.25, 0.3) is 0 Å². The topological polar surface area (TPSA) is 30.0 Å². The molecule has 0 radical (unpaired) electrons. The molecule has 0 aromatic heterocycles. The minimum absolute atomic E-state index is 0.283. The maximum Gasteiger partial charge on any atom is 0.228 e. The van der Waals surface area contributed by atoms with E-state index in [9.17, 15) is 4.79 Å². The fourth-order valence-corrected chi connectivity index (χ4v) is 4.59. The minimum Gasteiger partial charge on any atom is -0.342 e. The highest BCUT2D eigenvalue weighted by molar-refractivity contribution is 5.80. The van der Waals surface area contributed by atoms with Gasteiger partial charge in [-0.1, -0.05) is 13.8 Å². The van der Waals surface area contributed by atoms with Gasteiger partial charge in [-0.05, 0) is 38.6 Å². The average Bonchev–Trinajstić information content (AvgIpc) is 2.61. The first-order chi connectivity index (χ1) is 12.1. The molecule has 25 heavy (non-hydrogen) atoms. The van der Waals surface area contributed by atoms with Crippen LogP contribution < -0.4 is 0 Å². The lowest BCUT2D eigenvalue weighted by Gasteiger charge is -2.43. The number of carbonyl (C=O) groups is 1. The number of amides is 1. The number of likely N-dealkylation sites (tertiary alicyclic amines) is 2. The van der Waals surface area contributed by atoms with Crippen molar-refractivity contribution < 1.29 is 4.79 Å². The van der Waals surface area contributed by atoms with Crippen LogP contribution >= 0.6 is 0 Å². The van der Waals surface area contributed by atoms with Gasteiger partial charge >= 0.3 is 0 Å². The van der Waals surface area contributed by atoms with Gasteiger partial charge in [-0.2, -0.15) is 0 Å². The molecule has 0 aliphatic carbocycles. The summed E-state index contributed by atoms with van der Waals surface area (Å²) in [4.78, 5) is 22.3. The molecule has 1 unspecified atom stereocenters. The van der Waals surface area contributed by atoms with Gasteiger partial charge in [0.15, 0.2) is 0 Å². The molecular weight excluding hydrogens is 312 g/mol. The zero-order valence-corrected chi connectivity index (χ0v) is 16.6. The Morgan fingerprint density at radius 3 is 2.16 bits per heavy atom. The van der Waals surface area contributed by atoms with Crippen LogP contribution in [0.15, 0.2) is 0 Å². The van der Waals surface area contributed by atoms with E-state index >= 15 is 0 Å². The summed E-state index contributed by atoms with van der Waals surface area (Å²) >= 11 is 0. The highest BCUT2D eigenvalue weighted by Gasteiger charge is 2.35. The van der Waals surface area contributed by atoms with E-state index < -0.39 is 0 Å². The molecule has 144 valence electrons. The van der Waals surface area contributed by atoms with Crippen molar-refractivity contribution in [3.05, 3.63) is 0 Å². The molecule has 3 fully saturated rings. The summed E-state index contributed by atoms with van der Waals surface area (Å²) in [5.41, 5.74) is 0. The molecule has 5 nitrogen and oxygen atoms in total. The summed E-state index contributed by atoms with van der Waals surface area (Å²) in [7, 11) is 0. The molecule has 3 aliphatic rings. The minimum atomic E-state index is 0.283. The normalized spacial score (nSPS) is 26.6. The van der Waals surface area contributed by atoms with Crippen LogP contribution in [-0.2, 0) is 4.79 Å². The van der Waals surface area contributed by atoms with Gasteiger partial charge in [0, 0.05) is 64.9 Å². The second-order valence-electron chi connectivity index (χ2n) is 8.41.